The van der Waals surface area contributed by atoms with Gasteiger partial charge in [0.25, 0.3) is 0 Å². The molecule has 1 atom stereocenters. The molecule has 12 heavy (non-hydrogen) atoms. The molecular weight excluding hydrogens is 156 g/mol. The van der Waals surface area contributed by atoms with Crippen molar-refractivity contribution < 1.29 is 9.90 Å². The molecule has 1 aromatic heterocycles. The van der Waals surface area contributed by atoms with E-state index in [0.29, 0.717) is 11.8 Å². The van der Waals surface area contributed by atoms with Crippen LogP contribution in [0.3, 0.4) is 0 Å². The standard InChI is InChI=1S/C8H10N2O2/c1-8(12,2-3-11)7-4-9-6-10-5-7/h3-6,12H,2H2,1H3. The first-order chi connectivity index (χ1) is 5.67. The molecule has 4 heteroatoms. The molecule has 1 heterocycles. The van der Waals surface area contributed by atoms with Crippen LogP contribution in [0.25, 0.3) is 0 Å². The van der Waals surface area contributed by atoms with Crippen molar-refractivity contribution in [1.29, 1.82) is 0 Å². The highest BCUT2D eigenvalue weighted by Gasteiger charge is 2.22. The van der Waals surface area contributed by atoms with Gasteiger partial charge in [-0.05, 0) is 6.92 Å². The van der Waals surface area contributed by atoms with Crippen LogP contribution in [-0.2, 0) is 10.4 Å². The van der Waals surface area contributed by atoms with Crippen LogP contribution in [0.15, 0.2) is 18.7 Å². The van der Waals surface area contributed by atoms with E-state index < -0.39 is 5.60 Å². The van der Waals surface area contributed by atoms with Gasteiger partial charge in [0.15, 0.2) is 0 Å². The number of carbonyl (C=O) groups excluding carboxylic acids is 1. The molecule has 0 spiro atoms. The van der Waals surface area contributed by atoms with Crippen LogP contribution in [-0.4, -0.2) is 21.4 Å². The fraction of sp³-hybridized carbons (Fsp3) is 0.375. The molecule has 0 fully saturated rings. The van der Waals surface area contributed by atoms with Gasteiger partial charge in [-0.15, -0.1) is 0 Å². The fourth-order valence-corrected chi connectivity index (χ4v) is 0.857. The summed E-state index contributed by atoms with van der Waals surface area (Å²) in [7, 11) is 0. The Kier molecular flexibility index (Phi) is 2.50. The van der Waals surface area contributed by atoms with Crippen LogP contribution in [0.2, 0.25) is 0 Å². The molecule has 0 amide bonds. The highest BCUT2D eigenvalue weighted by Crippen LogP contribution is 2.20. The van der Waals surface area contributed by atoms with E-state index in [0.717, 1.165) is 0 Å². The largest absolute Gasteiger partial charge is 0.385 e. The quantitative estimate of drug-likeness (QED) is 0.655. The lowest BCUT2D eigenvalue weighted by atomic mass is 9.96. The average molecular weight is 166 g/mol. The number of nitrogens with zero attached hydrogens (tertiary/aromatic N) is 2. The van der Waals surface area contributed by atoms with Crippen molar-refractivity contribution >= 4 is 6.29 Å². The Morgan fingerprint density at radius 2 is 2.17 bits per heavy atom. The molecule has 1 unspecified atom stereocenters. The maximum absolute atomic E-state index is 10.2. The fourth-order valence-electron chi connectivity index (χ4n) is 0.857. The van der Waals surface area contributed by atoms with Crippen LogP contribution in [0, 0.1) is 0 Å². The van der Waals surface area contributed by atoms with Gasteiger partial charge in [0.05, 0.1) is 5.60 Å². The SMILES string of the molecule is CC(O)(CC=O)c1cncnc1. The van der Waals surface area contributed by atoms with E-state index in [1.165, 1.54) is 18.7 Å². The summed E-state index contributed by atoms with van der Waals surface area (Å²) < 4.78 is 0. The van der Waals surface area contributed by atoms with Crippen molar-refractivity contribution in [1.82, 2.24) is 9.97 Å². The van der Waals surface area contributed by atoms with Crippen molar-refractivity contribution in [2.45, 2.75) is 18.9 Å². The minimum Gasteiger partial charge on any atom is -0.385 e. The summed E-state index contributed by atoms with van der Waals surface area (Å²) in [6.07, 6.45) is 5.10. The Morgan fingerprint density at radius 3 is 2.67 bits per heavy atom. The molecule has 0 bridgehead atoms. The lowest BCUT2D eigenvalue weighted by Gasteiger charge is -2.19. The van der Waals surface area contributed by atoms with E-state index in [-0.39, 0.29) is 6.42 Å². The van der Waals surface area contributed by atoms with Gasteiger partial charge in [-0.3, -0.25) is 0 Å². The van der Waals surface area contributed by atoms with Crippen LogP contribution >= 0.6 is 0 Å². The van der Waals surface area contributed by atoms with Crippen LogP contribution in [0.1, 0.15) is 18.9 Å². The van der Waals surface area contributed by atoms with Gasteiger partial charge in [-0.1, -0.05) is 0 Å². The monoisotopic (exact) mass is 166 g/mol. The van der Waals surface area contributed by atoms with Gasteiger partial charge in [-0.25, -0.2) is 9.97 Å². The summed E-state index contributed by atoms with van der Waals surface area (Å²) in [6.45, 7) is 1.56. The summed E-state index contributed by atoms with van der Waals surface area (Å²) in [4.78, 5) is 17.7. The smallest absolute Gasteiger partial charge is 0.123 e. The number of aldehydes is 1. The zero-order valence-electron chi connectivity index (χ0n) is 6.77. The van der Waals surface area contributed by atoms with E-state index in [1.54, 1.807) is 6.92 Å². The van der Waals surface area contributed by atoms with Crippen molar-refractivity contribution in [3.8, 4) is 0 Å². The predicted molar refractivity (Wildman–Crippen MR) is 42.3 cm³/mol. The molecule has 1 N–H and O–H groups in total. The molecule has 0 aliphatic rings. The maximum atomic E-state index is 10.2. The van der Waals surface area contributed by atoms with Gasteiger partial charge in [0.1, 0.15) is 12.6 Å². The van der Waals surface area contributed by atoms with Gasteiger partial charge < -0.3 is 9.90 Å². The minimum absolute atomic E-state index is 0.0559. The molecule has 0 aromatic carbocycles. The van der Waals surface area contributed by atoms with Gasteiger partial charge in [-0.2, -0.15) is 0 Å². The highest BCUT2D eigenvalue weighted by molar-refractivity contribution is 5.52. The number of carbonyl (C=O) groups is 1. The molecule has 1 aromatic rings. The molecule has 1 rings (SSSR count). The first-order valence-corrected chi connectivity index (χ1v) is 3.58. The first kappa shape index (κ1) is 8.80. The Balaban J connectivity index is 2.89. The lowest BCUT2D eigenvalue weighted by molar-refractivity contribution is -0.112. The van der Waals surface area contributed by atoms with Crippen LogP contribution in [0.5, 0.6) is 0 Å². The molecule has 4 nitrogen and oxygen atoms in total. The zero-order chi connectivity index (χ0) is 9.03. The second-order valence-corrected chi connectivity index (χ2v) is 2.77. The third-order valence-corrected chi connectivity index (χ3v) is 1.66. The summed E-state index contributed by atoms with van der Waals surface area (Å²) in [5, 5.41) is 9.67. The molecule has 0 aliphatic carbocycles. The number of aliphatic hydroxyl groups is 1. The molecule has 0 saturated carbocycles. The number of rotatable bonds is 3. The average Bonchev–Trinajstić information content (AvgIpc) is 2.06. The van der Waals surface area contributed by atoms with Crippen molar-refractivity contribution in [3.63, 3.8) is 0 Å². The van der Waals surface area contributed by atoms with Crippen molar-refractivity contribution in [2.75, 3.05) is 0 Å². The highest BCUT2D eigenvalue weighted by atomic mass is 16.3. The third kappa shape index (κ3) is 1.85. The topological polar surface area (TPSA) is 63.1 Å². The van der Waals surface area contributed by atoms with E-state index in [2.05, 4.69) is 9.97 Å². The summed E-state index contributed by atoms with van der Waals surface area (Å²) in [6, 6.07) is 0. The number of hydrogen-bond donors (Lipinski definition) is 1. The van der Waals surface area contributed by atoms with E-state index in [1.807, 2.05) is 0 Å². The molecule has 0 aliphatic heterocycles. The predicted octanol–water partition coefficient (Wildman–Crippen LogP) is 0.273. The van der Waals surface area contributed by atoms with E-state index in [4.69, 9.17) is 0 Å². The van der Waals surface area contributed by atoms with Crippen LogP contribution in [0.4, 0.5) is 0 Å². The lowest BCUT2D eigenvalue weighted by Crippen LogP contribution is -2.21. The van der Waals surface area contributed by atoms with E-state index >= 15 is 0 Å². The van der Waals surface area contributed by atoms with Gasteiger partial charge in [0.2, 0.25) is 0 Å². The first-order valence-electron chi connectivity index (χ1n) is 3.58. The maximum Gasteiger partial charge on any atom is 0.123 e. The Hall–Kier alpha value is -1.29. The Labute approximate surface area is 70.3 Å². The Bertz CT molecular complexity index is 259. The normalized spacial score (nSPS) is 15.2. The zero-order valence-corrected chi connectivity index (χ0v) is 6.77. The Morgan fingerprint density at radius 1 is 1.58 bits per heavy atom. The summed E-state index contributed by atoms with van der Waals surface area (Å²) in [5.74, 6) is 0. The number of aromatic nitrogens is 2. The second-order valence-electron chi connectivity index (χ2n) is 2.77. The van der Waals surface area contributed by atoms with Gasteiger partial charge in [0, 0.05) is 24.4 Å². The second kappa shape index (κ2) is 3.40. The summed E-state index contributed by atoms with van der Waals surface area (Å²) in [5.41, 5.74) is -0.597. The van der Waals surface area contributed by atoms with Crippen molar-refractivity contribution in [2.24, 2.45) is 0 Å². The number of hydrogen-bond acceptors (Lipinski definition) is 4. The molecule has 64 valence electrons. The molecule has 0 saturated heterocycles. The minimum atomic E-state index is -1.15. The molecule has 0 radical (unpaired) electrons. The van der Waals surface area contributed by atoms with E-state index in [9.17, 15) is 9.90 Å². The third-order valence-electron chi connectivity index (χ3n) is 1.66. The molecular formula is C8H10N2O2. The summed E-state index contributed by atoms with van der Waals surface area (Å²) >= 11 is 0. The van der Waals surface area contributed by atoms with Crippen LogP contribution < -0.4 is 0 Å². The van der Waals surface area contributed by atoms with Crippen molar-refractivity contribution in [3.05, 3.63) is 24.3 Å². The van der Waals surface area contributed by atoms with Gasteiger partial charge >= 0.3 is 0 Å².